The van der Waals surface area contributed by atoms with Crippen molar-refractivity contribution in [2.24, 2.45) is 5.92 Å². The van der Waals surface area contributed by atoms with E-state index in [2.05, 4.69) is 6.92 Å². The van der Waals surface area contributed by atoms with Gasteiger partial charge in [0.2, 0.25) is 0 Å². The van der Waals surface area contributed by atoms with Crippen molar-refractivity contribution >= 4 is 12.3 Å². The van der Waals surface area contributed by atoms with Gasteiger partial charge in [0.05, 0.1) is 13.0 Å². The first kappa shape index (κ1) is 13.4. The lowest BCUT2D eigenvalue weighted by Gasteiger charge is -2.17. The maximum atomic E-state index is 11.5. The minimum Gasteiger partial charge on any atom is -0.469 e. The quantitative estimate of drug-likeness (QED) is 0.561. The van der Waals surface area contributed by atoms with Gasteiger partial charge < -0.3 is 9.53 Å². The molecule has 0 radical (unpaired) electrons. The fourth-order valence-electron chi connectivity index (χ4n) is 1.92. The number of esters is 1. The van der Waals surface area contributed by atoms with Crippen LogP contribution in [0.25, 0.3) is 0 Å². The van der Waals surface area contributed by atoms with Crippen LogP contribution in [0, 0.1) is 5.92 Å². The summed E-state index contributed by atoms with van der Waals surface area (Å²) in [6.07, 6.45) is 1.64. The molecule has 1 unspecified atom stereocenters. The number of hydrogen-bond donors (Lipinski definition) is 0. The lowest BCUT2D eigenvalue weighted by atomic mass is 9.89. The average Bonchev–Trinajstić information content (AvgIpc) is 2.38. The van der Waals surface area contributed by atoms with Gasteiger partial charge in [-0.25, -0.2) is 0 Å². The van der Waals surface area contributed by atoms with Crippen LogP contribution in [0.3, 0.4) is 0 Å². The molecule has 0 amide bonds. The fraction of sp³-hybridized carbons (Fsp3) is 0.429. The number of ether oxygens (including phenoxy) is 1. The highest BCUT2D eigenvalue weighted by molar-refractivity contribution is 5.75. The van der Waals surface area contributed by atoms with Crippen molar-refractivity contribution in [3.63, 3.8) is 0 Å². The van der Waals surface area contributed by atoms with Crippen LogP contribution in [0.5, 0.6) is 0 Å². The Morgan fingerprint density at radius 3 is 2.53 bits per heavy atom. The smallest absolute Gasteiger partial charge is 0.309 e. The molecule has 1 aromatic carbocycles. The third kappa shape index (κ3) is 4.02. The van der Waals surface area contributed by atoms with Gasteiger partial charge in [-0.3, -0.25) is 4.79 Å². The number of methoxy groups -OCH3 is 1. The van der Waals surface area contributed by atoms with E-state index in [4.69, 9.17) is 4.74 Å². The molecule has 0 spiro atoms. The standard InChI is InChI=1S/C14H18O3/c1-11(12-6-4-3-5-7-12)10-13(8-9-15)14(16)17-2/h3-7,9,11,13H,8,10H2,1-2H3/t11?,13-/m1/s1. The van der Waals surface area contributed by atoms with Crippen molar-refractivity contribution in [2.45, 2.75) is 25.7 Å². The van der Waals surface area contributed by atoms with Crippen LogP contribution < -0.4 is 0 Å². The molecule has 0 N–H and O–H groups in total. The summed E-state index contributed by atoms with van der Waals surface area (Å²) in [5.41, 5.74) is 1.17. The van der Waals surface area contributed by atoms with Gasteiger partial charge in [0.15, 0.2) is 0 Å². The van der Waals surface area contributed by atoms with E-state index in [0.717, 1.165) is 6.29 Å². The molecular weight excluding hydrogens is 216 g/mol. The topological polar surface area (TPSA) is 43.4 Å². The first-order chi connectivity index (χ1) is 8.19. The van der Waals surface area contributed by atoms with Gasteiger partial charge in [-0.05, 0) is 17.9 Å². The first-order valence-corrected chi connectivity index (χ1v) is 5.75. The van der Waals surface area contributed by atoms with Crippen LogP contribution in [0.15, 0.2) is 30.3 Å². The summed E-state index contributed by atoms with van der Waals surface area (Å²) in [7, 11) is 1.35. The molecule has 0 saturated heterocycles. The van der Waals surface area contributed by atoms with E-state index in [9.17, 15) is 9.59 Å². The molecule has 2 atom stereocenters. The van der Waals surface area contributed by atoms with E-state index >= 15 is 0 Å². The lowest BCUT2D eigenvalue weighted by Crippen LogP contribution is -2.19. The predicted octanol–water partition coefficient (Wildman–Crippen LogP) is 2.56. The van der Waals surface area contributed by atoms with E-state index in [1.807, 2.05) is 30.3 Å². The van der Waals surface area contributed by atoms with Crippen molar-refractivity contribution in [2.75, 3.05) is 7.11 Å². The molecule has 0 aromatic heterocycles. The molecule has 0 fully saturated rings. The second-order valence-corrected chi connectivity index (χ2v) is 4.17. The number of carbonyl (C=O) groups excluding carboxylic acids is 2. The number of carbonyl (C=O) groups is 2. The Morgan fingerprint density at radius 1 is 1.35 bits per heavy atom. The van der Waals surface area contributed by atoms with E-state index < -0.39 is 0 Å². The van der Waals surface area contributed by atoms with Crippen molar-refractivity contribution in [1.29, 1.82) is 0 Å². The molecule has 17 heavy (non-hydrogen) atoms. The number of hydrogen-bond acceptors (Lipinski definition) is 3. The second kappa shape index (κ2) is 6.84. The van der Waals surface area contributed by atoms with Gasteiger partial charge in [-0.2, -0.15) is 0 Å². The summed E-state index contributed by atoms with van der Waals surface area (Å²) in [5, 5.41) is 0. The van der Waals surface area contributed by atoms with Crippen molar-refractivity contribution < 1.29 is 14.3 Å². The molecule has 0 aliphatic rings. The maximum Gasteiger partial charge on any atom is 0.309 e. The van der Waals surface area contributed by atoms with Gasteiger partial charge >= 0.3 is 5.97 Å². The number of aldehydes is 1. The molecule has 1 aromatic rings. The summed E-state index contributed by atoms with van der Waals surface area (Å²) in [5.74, 6) is -0.409. The monoisotopic (exact) mass is 234 g/mol. The van der Waals surface area contributed by atoms with Crippen LogP contribution in [0.4, 0.5) is 0 Å². The number of benzene rings is 1. The van der Waals surface area contributed by atoms with Crippen molar-refractivity contribution in [3.8, 4) is 0 Å². The minimum absolute atomic E-state index is 0.226. The first-order valence-electron chi connectivity index (χ1n) is 5.75. The Labute approximate surface area is 102 Å². The fourth-order valence-corrected chi connectivity index (χ4v) is 1.92. The third-order valence-corrected chi connectivity index (χ3v) is 2.92. The highest BCUT2D eigenvalue weighted by Crippen LogP contribution is 2.25. The average molecular weight is 234 g/mol. The van der Waals surface area contributed by atoms with Gasteiger partial charge in [0.25, 0.3) is 0 Å². The Kier molecular flexibility index (Phi) is 5.40. The largest absolute Gasteiger partial charge is 0.469 e. The Morgan fingerprint density at radius 2 is 2.00 bits per heavy atom. The molecule has 0 aliphatic carbocycles. The summed E-state index contributed by atoms with van der Waals surface area (Å²) in [6.45, 7) is 2.05. The zero-order chi connectivity index (χ0) is 12.7. The van der Waals surface area contributed by atoms with Gasteiger partial charge in [0, 0.05) is 6.42 Å². The summed E-state index contributed by atoms with van der Waals surface area (Å²) in [4.78, 5) is 22.0. The Balaban J connectivity index is 2.67. The van der Waals surface area contributed by atoms with Crippen LogP contribution in [-0.2, 0) is 14.3 Å². The second-order valence-electron chi connectivity index (χ2n) is 4.17. The van der Waals surface area contributed by atoms with E-state index in [1.165, 1.54) is 12.7 Å². The SMILES string of the molecule is COC(=O)[C@H](CC=O)CC(C)c1ccccc1. The van der Waals surface area contributed by atoms with E-state index in [1.54, 1.807) is 0 Å². The van der Waals surface area contributed by atoms with Crippen LogP contribution in [0.1, 0.15) is 31.2 Å². The molecule has 92 valence electrons. The molecule has 0 heterocycles. The summed E-state index contributed by atoms with van der Waals surface area (Å²) >= 11 is 0. The predicted molar refractivity (Wildman–Crippen MR) is 65.7 cm³/mol. The molecule has 3 nitrogen and oxygen atoms in total. The van der Waals surface area contributed by atoms with Crippen molar-refractivity contribution in [1.82, 2.24) is 0 Å². The highest BCUT2D eigenvalue weighted by Gasteiger charge is 2.21. The third-order valence-electron chi connectivity index (χ3n) is 2.92. The zero-order valence-electron chi connectivity index (χ0n) is 10.3. The Bertz CT molecular complexity index is 359. The summed E-state index contributed by atoms with van der Waals surface area (Å²) in [6, 6.07) is 9.96. The van der Waals surface area contributed by atoms with Gasteiger partial charge in [-0.15, -0.1) is 0 Å². The molecule has 0 saturated carbocycles. The molecule has 3 heteroatoms. The highest BCUT2D eigenvalue weighted by atomic mass is 16.5. The zero-order valence-corrected chi connectivity index (χ0v) is 10.3. The van der Waals surface area contributed by atoms with Gasteiger partial charge in [-0.1, -0.05) is 37.3 Å². The summed E-state index contributed by atoms with van der Waals surface area (Å²) < 4.78 is 4.70. The molecule has 0 aliphatic heterocycles. The molecule has 0 bridgehead atoms. The van der Waals surface area contributed by atoms with Gasteiger partial charge in [0.1, 0.15) is 6.29 Å². The van der Waals surface area contributed by atoms with Crippen molar-refractivity contribution in [3.05, 3.63) is 35.9 Å². The maximum absolute atomic E-state index is 11.5. The lowest BCUT2D eigenvalue weighted by molar-refractivity contribution is -0.146. The van der Waals surface area contributed by atoms with Crippen LogP contribution in [-0.4, -0.2) is 19.4 Å². The minimum atomic E-state index is -0.340. The van der Waals surface area contributed by atoms with E-state index in [-0.39, 0.29) is 24.2 Å². The van der Waals surface area contributed by atoms with E-state index in [0.29, 0.717) is 6.42 Å². The number of rotatable bonds is 6. The van der Waals surface area contributed by atoms with Crippen LogP contribution in [0.2, 0.25) is 0 Å². The molecular formula is C14H18O3. The Hall–Kier alpha value is -1.64. The van der Waals surface area contributed by atoms with Crippen LogP contribution >= 0.6 is 0 Å². The normalized spacial score (nSPS) is 13.8. The molecule has 1 rings (SSSR count).